The average Bonchev–Trinajstić information content (AvgIpc) is 3.00. The van der Waals surface area contributed by atoms with Crippen LogP contribution >= 0.6 is 0 Å². The van der Waals surface area contributed by atoms with Gasteiger partial charge in [0.15, 0.2) is 11.5 Å². The first-order valence-electron chi connectivity index (χ1n) is 15.1. The highest BCUT2D eigenvalue weighted by Gasteiger charge is 2.37. The minimum absolute atomic E-state index is 0.0664. The molecule has 2 saturated carbocycles. The molecule has 0 aromatic heterocycles. The summed E-state index contributed by atoms with van der Waals surface area (Å²) in [5.74, 6) is -1.08. The monoisotopic (exact) mass is 562 g/mol. The quantitative estimate of drug-likeness (QED) is 0.232. The summed E-state index contributed by atoms with van der Waals surface area (Å²) in [6.07, 6.45) is 7.85. The second-order valence-electron chi connectivity index (χ2n) is 11.5. The Balaban J connectivity index is 1.09. The zero-order valence-electron chi connectivity index (χ0n) is 24.0. The fraction of sp³-hybridized carbons (Fsp3) is 0.457. The third kappa shape index (κ3) is 7.09. The molecule has 2 fully saturated rings. The van der Waals surface area contributed by atoms with Gasteiger partial charge >= 0.3 is 5.97 Å². The number of carbonyl (C=O) groups excluding carboxylic acids is 1. The molecule has 4 nitrogen and oxygen atoms in total. The van der Waals surface area contributed by atoms with Crippen LogP contribution in [0.1, 0.15) is 74.7 Å². The zero-order chi connectivity index (χ0) is 28.8. The van der Waals surface area contributed by atoms with E-state index in [0.717, 1.165) is 62.5 Å². The van der Waals surface area contributed by atoms with Crippen molar-refractivity contribution >= 4 is 5.97 Å². The van der Waals surface area contributed by atoms with Crippen LogP contribution in [0.5, 0.6) is 11.5 Å². The fourth-order valence-corrected chi connectivity index (χ4v) is 6.47. The van der Waals surface area contributed by atoms with Crippen molar-refractivity contribution in [2.75, 3.05) is 13.2 Å². The zero-order valence-corrected chi connectivity index (χ0v) is 24.0. The van der Waals surface area contributed by atoms with Crippen molar-refractivity contribution in [2.24, 2.45) is 17.8 Å². The molecule has 218 valence electrons. The van der Waals surface area contributed by atoms with Crippen LogP contribution in [0, 0.1) is 29.4 Å². The van der Waals surface area contributed by atoms with Crippen molar-refractivity contribution in [1.29, 1.82) is 0 Å². The van der Waals surface area contributed by atoms with Gasteiger partial charge in [-0.1, -0.05) is 49.7 Å². The predicted octanol–water partition coefficient (Wildman–Crippen LogP) is 8.80. The van der Waals surface area contributed by atoms with Crippen molar-refractivity contribution in [3.63, 3.8) is 0 Å². The Hall–Kier alpha value is -3.41. The van der Waals surface area contributed by atoms with Crippen LogP contribution in [0.3, 0.4) is 0 Å². The molecule has 0 amide bonds. The lowest BCUT2D eigenvalue weighted by molar-refractivity contribution is -0.00832. The van der Waals surface area contributed by atoms with Crippen LogP contribution in [-0.4, -0.2) is 25.3 Å². The van der Waals surface area contributed by atoms with Crippen LogP contribution in [-0.2, 0) is 11.2 Å². The van der Waals surface area contributed by atoms with Gasteiger partial charge in [-0.05, 0) is 111 Å². The molecule has 0 spiro atoms. The van der Waals surface area contributed by atoms with Crippen LogP contribution in [0.15, 0.2) is 60.7 Å². The van der Waals surface area contributed by atoms with E-state index in [9.17, 15) is 13.6 Å². The normalized spacial score (nSPS) is 22.0. The Labute approximate surface area is 242 Å². The van der Waals surface area contributed by atoms with E-state index in [1.165, 1.54) is 17.7 Å². The molecule has 2 aliphatic carbocycles. The Morgan fingerprint density at radius 1 is 0.756 bits per heavy atom. The number of carbonyl (C=O) groups is 1. The smallest absolute Gasteiger partial charge is 0.338 e. The number of rotatable bonds is 10. The fourth-order valence-electron chi connectivity index (χ4n) is 6.47. The third-order valence-electron chi connectivity index (χ3n) is 8.68. The lowest BCUT2D eigenvalue weighted by atomic mass is 9.67. The summed E-state index contributed by atoms with van der Waals surface area (Å²) in [5.41, 5.74) is 4.14. The molecular formula is C35H40F2O4. The van der Waals surface area contributed by atoms with Gasteiger partial charge in [-0.15, -0.1) is 0 Å². The molecule has 4 unspecified atom stereocenters. The molecule has 0 radical (unpaired) electrons. The molecule has 0 aliphatic heterocycles. The van der Waals surface area contributed by atoms with Gasteiger partial charge in [0, 0.05) is 0 Å². The van der Waals surface area contributed by atoms with E-state index in [0.29, 0.717) is 29.9 Å². The maximum Gasteiger partial charge on any atom is 0.338 e. The largest absolute Gasteiger partial charge is 0.491 e. The van der Waals surface area contributed by atoms with Crippen molar-refractivity contribution in [3.8, 4) is 22.6 Å². The maximum absolute atomic E-state index is 14.4. The van der Waals surface area contributed by atoms with Crippen molar-refractivity contribution in [2.45, 2.75) is 71.3 Å². The first-order chi connectivity index (χ1) is 19.9. The van der Waals surface area contributed by atoms with Crippen molar-refractivity contribution < 1.29 is 27.8 Å². The second-order valence-corrected chi connectivity index (χ2v) is 11.5. The molecule has 3 aromatic carbocycles. The van der Waals surface area contributed by atoms with Gasteiger partial charge < -0.3 is 14.2 Å². The number of aryl methyl sites for hydroxylation is 1. The van der Waals surface area contributed by atoms with E-state index in [-0.39, 0.29) is 30.2 Å². The molecule has 0 heterocycles. The van der Waals surface area contributed by atoms with Crippen LogP contribution in [0.25, 0.3) is 11.1 Å². The van der Waals surface area contributed by atoms with Gasteiger partial charge in [-0.2, -0.15) is 8.78 Å². The Morgan fingerprint density at radius 2 is 1.37 bits per heavy atom. The lowest BCUT2D eigenvalue weighted by Crippen LogP contribution is -2.36. The number of fused-ring (bicyclic) bond motifs is 1. The summed E-state index contributed by atoms with van der Waals surface area (Å²) in [6, 6.07) is 19.1. The number of hydrogen-bond donors (Lipinski definition) is 0. The Bertz CT molecular complexity index is 1300. The SMILES string of the molecule is CCCc1ccc(-c2ccc(C(=O)OC3CCC4CC(COc5ccc(OCC)c(F)c5F)CCC4C3)cc2)cc1. The molecule has 4 atom stereocenters. The molecule has 0 saturated heterocycles. The number of benzene rings is 3. The van der Waals surface area contributed by atoms with Crippen LogP contribution in [0.2, 0.25) is 0 Å². The van der Waals surface area contributed by atoms with Gasteiger partial charge in [0.2, 0.25) is 11.6 Å². The summed E-state index contributed by atoms with van der Waals surface area (Å²) in [5, 5.41) is 0. The first-order valence-corrected chi connectivity index (χ1v) is 15.1. The van der Waals surface area contributed by atoms with E-state index < -0.39 is 11.6 Å². The topological polar surface area (TPSA) is 44.8 Å². The van der Waals surface area contributed by atoms with Crippen LogP contribution < -0.4 is 9.47 Å². The molecule has 3 aromatic rings. The molecule has 41 heavy (non-hydrogen) atoms. The Morgan fingerprint density at radius 3 is 2.02 bits per heavy atom. The standard InChI is InChI=1S/C35H40F2O4/c1-3-5-23-6-9-25(10-7-23)26-12-14-27(15-13-26)35(38)41-30-17-16-28-20-24(8-11-29(28)21-30)22-40-32-19-18-31(39-4-2)33(36)34(32)37/h6-7,9-10,12-15,18-19,24,28-30H,3-5,8,11,16-17,20-22H2,1-2H3. The van der Waals surface area contributed by atoms with Gasteiger partial charge in [0.05, 0.1) is 18.8 Å². The second kappa shape index (κ2) is 13.5. The van der Waals surface area contributed by atoms with Gasteiger partial charge in [0.25, 0.3) is 0 Å². The lowest BCUT2D eigenvalue weighted by Gasteiger charge is -2.41. The minimum Gasteiger partial charge on any atom is -0.491 e. The third-order valence-corrected chi connectivity index (χ3v) is 8.68. The summed E-state index contributed by atoms with van der Waals surface area (Å²) in [4.78, 5) is 12.9. The van der Waals surface area contributed by atoms with E-state index in [2.05, 4.69) is 31.2 Å². The summed E-state index contributed by atoms with van der Waals surface area (Å²) in [7, 11) is 0. The minimum atomic E-state index is -1.01. The van der Waals surface area contributed by atoms with E-state index in [1.807, 2.05) is 24.3 Å². The van der Waals surface area contributed by atoms with Crippen molar-refractivity contribution in [3.05, 3.63) is 83.4 Å². The molecular weight excluding hydrogens is 522 g/mol. The number of halogens is 2. The number of esters is 1. The highest BCUT2D eigenvalue weighted by Crippen LogP contribution is 2.44. The summed E-state index contributed by atoms with van der Waals surface area (Å²) >= 11 is 0. The predicted molar refractivity (Wildman–Crippen MR) is 156 cm³/mol. The summed E-state index contributed by atoms with van der Waals surface area (Å²) < 4.78 is 45.3. The molecule has 2 aliphatic rings. The maximum atomic E-state index is 14.4. The molecule has 0 bridgehead atoms. The Kier molecular flexibility index (Phi) is 9.58. The van der Waals surface area contributed by atoms with E-state index in [1.54, 1.807) is 6.92 Å². The van der Waals surface area contributed by atoms with Crippen molar-refractivity contribution in [1.82, 2.24) is 0 Å². The molecule has 5 rings (SSSR count). The van der Waals surface area contributed by atoms with Gasteiger partial charge in [-0.25, -0.2) is 4.79 Å². The average molecular weight is 563 g/mol. The van der Waals surface area contributed by atoms with Gasteiger partial charge in [-0.3, -0.25) is 0 Å². The van der Waals surface area contributed by atoms with Crippen LogP contribution in [0.4, 0.5) is 8.78 Å². The first kappa shape index (κ1) is 29.1. The van der Waals surface area contributed by atoms with E-state index in [4.69, 9.17) is 14.2 Å². The highest BCUT2D eigenvalue weighted by molar-refractivity contribution is 5.90. The van der Waals surface area contributed by atoms with E-state index >= 15 is 0 Å². The summed E-state index contributed by atoms with van der Waals surface area (Å²) in [6.45, 7) is 4.54. The van der Waals surface area contributed by atoms with Gasteiger partial charge in [0.1, 0.15) is 6.10 Å². The molecule has 6 heteroatoms. The highest BCUT2D eigenvalue weighted by atomic mass is 19.2. The molecule has 0 N–H and O–H groups in total. The number of hydrogen-bond acceptors (Lipinski definition) is 4. The number of ether oxygens (including phenoxy) is 3.